The van der Waals surface area contributed by atoms with Gasteiger partial charge in [-0.05, 0) is 67.0 Å². The fraction of sp³-hybridized carbons (Fsp3) is 0.562. The number of halogens is 1. The van der Waals surface area contributed by atoms with Crippen LogP contribution in [0.3, 0.4) is 0 Å². The van der Waals surface area contributed by atoms with Crippen molar-refractivity contribution in [2.24, 2.45) is 5.73 Å². The number of hydrogen-bond acceptors (Lipinski definition) is 3. The number of anilines is 1. The fourth-order valence-electron chi connectivity index (χ4n) is 2.90. The van der Waals surface area contributed by atoms with Crippen molar-refractivity contribution in [1.29, 1.82) is 0 Å². The topological polar surface area (TPSA) is 58.4 Å². The number of nitrogens with one attached hydrogen (secondary N) is 1. The van der Waals surface area contributed by atoms with Crippen LogP contribution in [0.5, 0.6) is 0 Å². The zero-order valence-electron chi connectivity index (χ0n) is 12.5. The maximum Gasteiger partial charge on any atom is 0.238 e. The van der Waals surface area contributed by atoms with E-state index in [1.807, 2.05) is 24.3 Å². The van der Waals surface area contributed by atoms with Gasteiger partial charge in [-0.25, -0.2) is 0 Å². The number of para-hydroxylation sites is 1. The van der Waals surface area contributed by atoms with Gasteiger partial charge in [-0.2, -0.15) is 0 Å². The summed E-state index contributed by atoms with van der Waals surface area (Å²) in [5.41, 5.74) is 6.85. The van der Waals surface area contributed by atoms with E-state index in [2.05, 4.69) is 39.7 Å². The van der Waals surface area contributed by atoms with Gasteiger partial charge < -0.3 is 11.1 Å². The van der Waals surface area contributed by atoms with Gasteiger partial charge in [0.25, 0.3) is 0 Å². The lowest BCUT2D eigenvalue weighted by atomic mass is 9.91. The molecule has 116 valence electrons. The molecule has 5 heteroatoms. The zero-order valence-corrected chi connectivity index (χ0v) is 14.7. The summed E-state index contributed by atoms with van der Waals surface area (Å²) in [6.45, 7) is 3.48. The fourth-order valence-corrected chi connectivity index (χ4v) is 3.42. The Hall–Kier alpha value is -0.660. The SMILES string of the molecule is CCN(CC(=O)Nc1ccccc1I)C1CCC(N)CC1. The van der Waals surface area contributed by atoms with Crippen LogP contribution >= 0.6 is 22.6 Å². The number of benzene rings is 1. The van der Waals surface area contributed by atoms with Crippen LogP contribution in [0.25, 0.3) is 0 Å². The van der Waals surface area contributed by atoms with E-state index in [0.717, 1.165) is 41.5 Å². The molecule has 4 nitrogen and oxygen atoms in total. The van der Waals surface area contributed by atoms with Crippen LogP contribution in [0.15, 0.2) is 24.3 Å². The number of likely N-dealkylation sites (N-methyl/N-ethyl adjacent to an activating group) is 1. The lowest BCUT2D eigenvalue weighted by Gasteiger charge is -2.35. The van der Waals surface area contributed by atoms with Crippen molar-refractivity contribution in [3.05, 3.63) is 27.8 Å². The van der Waals surface area contributed by atoms with Crippen LogP contribution < -0.4 is 11.1 Å². The van der Waals surface area contributed by atoms with E-state index in [4.69, 9.17) is 5.73 Å². The lowest BCUT2D eigenvalue weighted by molar-refractivity contribution is -0.118. The molecule has 0 saturated heterocycles. The van der Waals surface area contributed by atoms with Crippen molar-refractivity contribution in [2.75, 3.05) is 18.4 Å². The Bertz CT molecular complexity index is 472. The van der Waals surface area contributed by atoms with Crippen molar-refractivity contribution in [1.82, 2.24) is 4.90 Å². The highest BCUT2D eigenvalue weighted by Gasteiger charge is 2.24. The molecule has 1 amide bonds. The number of nitrogens with two attached hydrogens (primary N) is 1. The molecule has 2 rings (SSSR count). The van der Waals surface area contributed by atoms with Gasteiger partial charge in [0.15, 0.2) is 0 Å². The van der Waals surface area contributed by atoms with Gasteiger partial charge in [0, 0.05) is 15.7 Å². The van der Waals surface area contributed by atoms with E-state index < -0.39 is 0 Å². The first-order valence-electron chi connectivity index (χ1n) is 7.64. The van der Waals surface area contributed by atoms with Crippen molar-refractivity contribution in [3.8, 4) is 0 Å². The first-order valence-corrected chi connectivity index (χ1v) is 8.72. The number of amides is 1. The minimum absolute atomic E-state index is 0.0656. The van der Waals surface area contributed by atoms with E-state index in [-0.39, 0.29) is 5.91 Å². The molecule has 21 heavy (non-hydrogen) atoms. The summed E-state index contributed by atoms with van der Waals surface area (Å²) in [5.74, 6) is 0.0656. The third kappa shape index (κ3) is 4.93. The number of hydrogen-bond donors (Lipinski definition) is 2. The third-order valence-electron chi connectivity index (χ3n) is 4.16. The molecule has 1 aromatic carbocycles. The van der Waals surface area contributed by atoms with Crippen LogP contribution in [0.2, 0.25) is 0 Å². The van der Waals surface area contributed by atoms with Gasteiger partial charge in [0.1, 0.15) is 0 Å². The van der Waals surface area contributed by atoms with E-state index in [1.165, 1.54) is 0 Å². The Morgan fingerprint density at radius 1 is 1.33 bits per heavy atom. The van der Waals surface area contributed by atoms with Crippen molar-refractivity contribution >= 4 is 34.2 Å². The number of rotatable bonds is 5. The van der Waals surface area contributed by atoms with Gasteiger partial charge >= 0.3 is 0 Å². The quantitative estimate of drug-likeness (QED) is 0.747. The van der Waals surface area contributed by atoms with Crippen LogP contribution in [-0.4, -0.2) is 36.0 Å². The second-order valence-electron chi connectivity index (χ2n) is 5.66. The molecule has 1 aliphatic carbocycles. The molecule has 0 aliphatic heterocycles. The Kier molecular flexibility index (Phi) is 6.44. The Balaban J connectivity index is 1.89. The molecule has 0 heterocycles. The third-order valence-corrected chi connectivity index (χ3v) is 5.10. The second kappa shape index (κ2) is 8.10. The van der Waals surface area contributed by atoms with Crippen molar-refractivity contribution < 1.29 is 4.79 Å². The smallest absolute Gasteiger partial charge is 0.238 e. The summed E-state index contributed by atoms with van der Waals surface area (Å²) < 4.78 is 1.06. The number of carbonyl (C=O) groups is 1. The summed E-state index contributed by atoms with van der Waals surface area (Å²) in [5, 5.41) is 3.01. The molecule has 1 aromatic rings. The van der Waals surface area contributed by atoms with Crippen molar-refractivity contribution in [3.63, 3.8) is 0 Å². The molecule has 1 fully saturated rings. The Morgan fingerprint density at radius 3 is 2.62 bits per heavy atom. The first kappa shape index (κ1) is 16.7. The van der Waals surface area contributed by atoms with Gasteiger partial charge in [0.05, 0.1) is 12.2 Å². The molecular weight excluding hydrogens is 377 g/mol. The van der Waals surface area contributed by atoms with E-state index in [0.29, 0.717) is 18.6 Å². The molecule has 0 aromatic heterocycles. The monoisotopic (exact) mass is 401 g/mol. The molecule has 0 bridgehead atoms. The van der Waals surface area contributed by atoms with E-state index in [9.17, 15) is 4.79 Å². The molecular formula is C16H24IN3O. The Morgan fingerprint density at radius 2 is 2.00 bits per heavy atom. The van der Waals surface area contributed by atoms with E-state index >= 15 is 0 Å². The van der Waals surface area contributed by atoms with Crippen LogP contribution in [0, 0.1) is 3.57 Å². The number of nitrogens with zero attached hydrogens (tertiary/aromatic N) is 1. The summed E-state index contributed by atoms with van der Waals surface area (Å²) in [6.07, 6.45) is 4.34. The summed E-state index contributed by atoms with van der Waals surface area (Å²) >= 11 is 2.24. The minimum Gasteiger partial charge on any atom is -0.328 e. The van der Waals surface area contributed by atoms with Gasteiger partial charge in [-0.15, -0.1) is 0 Å². The van der Waals surface area contributed by atoms with Gasteiger partial charge in [0.2, 0.25) is 5.91 Å². The van der Waals surface area contributed by atoms with Crippen LogP contribution in [0.1, 0.15) is 32.6 Å². The molecule has 3 N–H and O–H groups in total. The largest absolute Gasteiger partial charge is 0.328 e. The van der Waals surface area contributed by atoms with Crippen LogP contribution in [0.4, 0.5) is 5.69 Å². The minimum atomic E-state index is 0.0656. The highest BCUT2D eigenvalue weighted by Crippen LogP contribution is 2.22. The van der Waals surface area contributed by atoms with E-state index in [1.54, 1.807) is 0 Å². The maximum atomic E-state index is 12.3. The number of carbonyl (C=O) groups excluding carboxylic acids is 1. The standard InChI is InChI=1S/C16H24IN3O/c1-2-20(13-9-7-12(18)8-10-13)11-16(21)19-15-6-4-3-5-14(15)17/h3-6,12-13H,2,7-11,18H2,1H3,(H,19,21). The normalized spacial score (nSPS) is 22.3. The zero-order chi connectivity index (χ0) is 15.2. The predicted octanol–water partition coefficient (Wildman–Crippen LogP) is 2.82. The Labute approximate surface area is 140 Å². The summed E-state index contributed by atoms with van der Waals surface area (Å²) in [6, 6.07) is 8.69. The van der Waals surface area contributed by atoms with Gasteiger partial charge in [-0.3, -0.25) is 9.69 Å². The molecule has 1 saturated carbocycles. The average molecular weight is 401 g/mol. The van der Waals surface area contributed by atoms with Crippen LogP contribution in [-0.2, 0) is 4.79 Å². The first-order chi connectivity index (χ1) is 10.1. The maximum absolute atomic E-state index is 12.3. The molecule has 0 unspecified atom stereocenters. The molecule has 0 spiro atoms. The summed E-state index contributed by atoms with van der Waals surface area (Å²) in [7, 11) is 0. The second-order valence-corrected chi connectivity index (χ2v) is 6.82. The molecule has 0 radical (unpaired) electrons. The lowest BCUT2D eigenvalue weighted by Crippen LogP contribution is -2.44. The highest BCUT2D eigenvalue weighted by atomic mass is 127. The molecule has 1 aliphatic rings. The predicted molar refractivity (Wildman–Crippen MR) is 95.3 cm³/mol. The highest BCUT2D eigenvalue weighted by molar-refractivity contribution is 14.1. The van der Waals surface area contributed by atoms with Crippen molar-refractivity contribution in [2.45, 2.75) is 44.7 Å². The average Bonchev–Trinajstić information content (AvgIpc) is 2.48. The summed E-state index contributed by atoms with van der Waals surface area (Å²) in [4.78, 5) is 14.5. The molecule has 0 atom stereocenters. The van der Waals surface area contributed by atoms with Gasteiger partial charge in [-0.1, -0.05) is 19.1 Å².